The van der Waals surface area contributed by atoms with Crippen LogP contribution in [-0.2, 0) is 11.2 Å². The third kappa shape index (κ3) is 3.81. The standard InChI is InChI=1S/C16H22O4/c1-11(2)19-9-12(17)10-20-16-8-4-5-13-14(16)6-3-7-15(13)18/h4-5,8,11-12,17H,3,6-7,9-10H2,1-2H3. The summed E-state index contributed by atoms with van der Waals surface area (Å²) >= 11 is 0. The van der Waals surface area contributed by atoms with Gasteiger partial charge in [0.2, 0.25) is 0 Å². The van der Waals surface area contributed by atoms with Gasteiger partial charge >= 0.3 is 0 Å². The highest BCUT2D eigenvalue weighted by Crippen LogP contribution is 2.29. The third-order valence-electron chi connectivity index (χ3n) is 3.32. The van der Waals surface area contributed by atoms with Gasteiger partial charge in [-0.15, -0.1) is 0 Å². The molecule has 0 bridgehead atoms. The number of aliphatic hydroxyl groups excluding tert-OH is 1. The first-order chi connectivity index (χ1) is 9.58. The molecule has 1 aliphatic carbocycles. The van der Waals surface area contributed by atoms with E-state index in [4.69, 9.17) is 9.47 Å². The Morgan fingerprint density at radius 3 is 2.80 bits per heavy atom. The topological polar surface area (TPSA) is 55.8 Å². The summed E-state index contributed by atoms with van der Waals surface area (Å²) in [4.78, 5) is 11.8. The Balaban J connectivity index is 1.96. The number of carbonyl (C=O) groups is 1. The molecule has 0 saturated carbocycles. The van der Waals surface area contributed by atoms with E-state index >= 15 is 0 Å². The summed E-state index contributed by atoms with van der Waals surface area (Å²) in [7, 11) is 0. The van der Waals surface area contributed by atoms with Crippen molar-refractivity contribution in [1.82, 2.24) is 0 Å². The Hall–Kier alpha value is -1.39. The van der Waals surface area contributed by atoms with Gasteiger partial charge in [-0.1, -0.05) is 12.1 Å². The van der Waals surface area contributed by atoms with Gasteiger partial charge in [0.15, 0.2) is 5.78 Å². The number of ether oxygens (including phenoxy) is 2. The van der Waals surface area contributed by atoms with E-state index in [0.717, 1.165) is 24.0 Å². The fourth-order valence-corrected chi connectivity index (χ4v) is 2.32. The van der Waals surface area contributed by atoms with Gasteiger partial charge in [-0.05, 0) is 32.8 Å². The Morgan fingerprint density at radius 1 is 1.25 bits per heavy atom. The van der Waals surface area contributed by atoms with Crippen LogP contribution in [0.4, 0.5) is 0 Å². The average molecular weight is 278 g/mol. The van der Waals surface area contributed by atoms with E-state index in [0.29, 0.717) is 12.2 Å². The molecule has 0 spiro atoms. The number of hydrogen-bond donors (Lipinski definition) is 1. The van der Waals surface area contributed by atoms with Crippen molar-refractivity contribution >= 4 is 5.78 Å². The second-order valence-electron chi connectivity index (χ2n) is 5.41. The molecule has 110 valence electrons. The highest BCUT2D eigenvalue weighted by Gasteiger charge is 2.20. The summed E-state index contributed by atoms with van der Waals surface area (Å²) in [6, 6.07) is 5.53. The van der Waals surface area contributed by atoms with E-state index in [2.05, 4.69) is 0 Å². The van der Waals surface area contributed by atoms with E-state index in [-0.39, 0.29) is 25.1 Å². The molecule has 1 aliphatic rings. The van der Waals surface area contributed by atoms with Gasteiger partial charge in [-0.25, -0.2) is 0 Å². The van der Waals surface area contributed by atoms with Crippen molar-refractivity contribution in [3.63, 3.8) is 0 Å². The summed E-state index contributed by atoms with van der Waals surface area (Å²) in [6.07, 6.45) is 1.77. The maximum Gasteiger partial charge on any atom is 0.163 e. The molecule has 1 aromatic carbocycles. The third-order valence-corrected chi connectivity index (χ3v) is 3.32. The molecule has 2 rings (SSSR count). The van der Waals surface area contributed by atoms with Gasteiger partial charge in [0.1, 0.15) is 18.5 Å². The fraction of sp³-hybridized carbons (Fsp3) is 0.562. The first-order valence-electron chi connectivity index (χ1n) is 7.15. The lowest BCUT2D eigenvalue weighted by molar-refractivity contribution is -0.0124. The summed E-state index contributed by atoms with van der Waals surface area (Å²) in [6.45, 7) is 4.28. The Kier molecular flexibility index (Phi) is 5.15. The van der Waals surface area contributed by atoms with Crippen molar-refractivity contribution in [2.75, 3.05) is 13.2 Å². The Bertz CT molecular complexity index is 468. The smallest absolute Gasteiger partial charge is 0.163 e. The highest BCUT2D eigenvalue weighted by atomic mass is 16.5. The molecule has 1 N–H and O–H groups in total. The maximum atomic E-state index is 11.8. The van der Waals surface area contributed by atoms with Crippen molar-refractivity contribution in [2.24, 2.45) is 0 Å². The number of Topliss-reactive ketones (excluding diaryl/α,β-unsaturated/α-hetero) is 1. The van der Waals surface area contributed by atoms with Crippen molar-refractivity contribution in [3.05, 3.63) is 29.3 Å². The minimum atomic E-state index is -0.660. The number of carbonyl (C=O) groups excluding carboxylic acids is 1. The first kappa shape index (κ1) is 15.0. The van der Waals surface area contributed by atoms with Crippen LogP contribution in [0.1, 0.15) is 42.6 Å². The van der Waals surface area contributed by atoms with Crippen LogP contribution in [0.25, 0.3) is 0 Å². The van der Waals surface area contributed by atoms with Crippen LogP contribution in [0.5, 0.6) is 5.75 Å². The second-order valence-corrected chi connectivity index (χ2v) is 5.41. The molecule has 0 aliphatic heterocycles. The molecule has 0 amide bonds. The van der Waals surface area contributed by atoms with E-state index in [1.807, 2.05) is 32.0 Å². The number of ketones is 1. The van der Waals surface area contributed by atoms with Crippen molar-refractivity contribution < 1.29 is 19.4 Å². The zero-order valence-corrected chi connectivity index (χ0v) is 12.1. The van der Waals surface area contributed by atoms with E-state index in [9.17, 15) is 9.90 Å². The zero-order valence-electron chi connectivity index (χ0n) is 12.1. The van der Waals surface area contributed by atoms with Gasteiger partial charge in [0.05, 0.1) is 12.7 Å². The lowest BCUT2D eigenvalue weighted by Gasteiger charge is -2.20. The van der Waals surface area contributed by atoms with Gasteiger partial charge in [-0.3, -0.25) is 4.79 Å². The molecule has 0 heterocycles. The number of hydrogen-bond acceptors (Lipinski definition) is 4. The van der Waals surface area contributed by atoms with Crippen molar-refractivity contribution in [3.8, 4) is 5.75 Å². The summed E-state index contributed by atoms with van der Waals surface area (Å²) in [5, 5.41) is 9.80. The van der Waals surface area contributed by atoms with Gasteiger partial charge in [0.25, 0.3) is 0 Å². The van der Waals surface area contributed by atoms with Crippen LogP contribution < -0.4 is 4.74 Å². The van der Waals surface area contributed by atoms with E-state index < -0.39 is 6.10 Å². The minimum absolute atomic E-state index is 0.0896. The number of rotatable bonds is 6. The highest BCUT2D eigenvalue weighted by molar-refractivity contribution is 5.99. The summed E-state index contributed by atoms with van der Waals surface area (Å²) in [5.41, 5.74) is 1.74. The zero-order chi connectivity index (χ0) is 14.5. The lowest BCUT2D eigenvalue weighted by Crippen LogP contribution is -2.25. The van der Waals surface area contributed by atoms with Crippen LogP contribution in [0.15, 0.2) is 18.2 Å². The van der Waals surface area contributed by atoms with Crippen LogP contribution in [-0.4, -0.2) is 36.3 Å². The Morgan fingerprint density at radius 2 is 2.05 bits per heavy atom. The quantitative estimate of drug-likeness (QED) is 0.868. The van der Waals surface area contributed by atoms with Crippen molar-refractivity contribution in [1.29, 1.82) is 0 Å². The van der Waals surface area contributed by atoms with Crippen LogP contribution in [0.3, 0.4) is 0 Å². The van der Waals surface area contributed by atoms with Crippen molar-refractivity contribution in [2.45, 2.75) is 45.3 Å². The summed E-state index contributed by atoms with van der Waals surface area (Å²) < 4.78 is 11.0. The largest absolute Gasteiger partial charge is 0.490 e. The van der Waals surface area contributed by atoms with Gasteiger partial charge in [0, 0.05) is 17.5 Å². The monoisotopic (exact) mass is 278 g/mol. The average Bonchev–Trinajstić information content (AvgIpc) is 2.43. The molecule has 0 saturated heterocycles. The molecular formula is C16H22O4. The van der Waals surface area contributed by atoms with E-state index in [1.54, 1.807) is 0 Å². The molecule has 1 atom stereocenters. The number of aliphatic hydroxyl groups is 1. The minimum Gasteiger partial charge on any atom is -0.490 e. The molecule has 20 heavy (non-hydrogen) atoms. The van der Waals surface area contributed by atoms with Crippen LogP contribution in [0, 0.1) is 0 Å². The molecule has 0 fully saturated rings. The predicted octanol–water partition coefficient (Wildman–Crippen LogP) is 2.37. The molecule has 4 nitrogen and oxygen atoms in total. The molecule has 1 unspecified atom stereocenters. The molecule has 1 aromatic rings. The van der Waals surface area contributed by atoms with Crippen LogP contribution in [0.2, 0.25) is 0 Å². The molecule has 0 aromatic heterocycles. The maximum absolute atomic E-state index is 11.8. The number of benzene rings is 1. The van der Waals surface area contributed by atoms with Crippen LogP contribution >= 0.6 is 0 Å². The molecule has 4 heteroatoms. The fourth-order valence-electron chi connectivity index (χ4n) is 2.32. The molecule has 0 radical (unpaired) electrons. The SMILES string of the molecule is CC(C)OCC(O)COc1cccc2c1CCCC2=O. The summed E-state index contributed by atoms with van der Waals surface area (Å²) in [5.74, 6) is 0.888. The second kappa shape index (κ2) is 6.86. The molecular weight excluding hydrogens is 256 g/mol. The first-order valence-corrected chi connectivity index (χ1v) is 7.15. The van der Waals surface area contributed by atoms with E-state index in [1.165, 1.54) is 0 Å². The van der Waals surface area contributed by atoms with Gasteiger partial charge in [-0.2, -0.15) is 0 Å². The normalized spacial score (nSPS) is 16.1. The predicted molar refractivity (Wildman–Crippen MR) is 76.3 cm³/mol. The number of fused-ring (bicyclic) bond motifs is 1. The lowest BCUT2D eigenvalue weighted by atomic mass is 9.90. The Labute approximate surface area is 119 Å². The van der Waals surface area contributed by atoms with Gasteiger partial charge < -0.3 is 14.6 Å².